The van der Waals surface area contributed by atoms with Gasteiger partial charge in [0.15, 0.2) is 11.5 Å². The Morgan fingerprint density at radius 1 is 0.954 bits per heavy atom. The van der Waals surface area contributed by atoms with E-state index in [1.54, 1.807) is 72.6 Å². The summed E-state index contributed by atoms with van der Waals surface area (Å²) < 4.78 is 31.9. The molecule has 1 amide bonds. The Labute approximate surface area is 377 Å². The van der Waals surface area contributed by atoms with Crippen molar-refractivity contribution in [2.24, 2.45) is 22.9 Å². The Balaban J connectivity index is 1.29. The predicted octanol–water partition coefficient (Wildman–Crippen LogP) is 8.53. The Morgan fingerprint density at radius 3 is 2.46 bits per heavy atom. The van der Waals surface area contributed by atoms with Gasteiger partial charge in [-0.3, -0.25) is 19.7 Å². The average molecular weight is 888 g/mol. The minimum atomic E-state index is -1.50. The van der Waals surface area contributed by atoms with Crippen LogP contribution in [0, 0.1) is 27.9 Å². The highest BCUT2D eigenvalue weighted by molar-refractivity contribution is 6.03. The van der Waals surface area contributed by atoms with Gasteiger partial charge in [-0.25, -0.2) is 0 Å². The number of aliphatic hydroxyl groups excluding tert-OH is 2. The fourth-order valence-electron chi connectivity index (χ4n) is 9.85. The van der Waals surface area contributed by atoms with Crippen LogP contribution in [0.4, 0.5) is 5.69 Å². The fraction of sp³-hybridized carbons (Fsp3) is 0.380. The first kappa shape index (κ1) is 45.0. The number of aliphatic hydroxyl groups is 2. The number of carbonyl (C=O) groups excluding carboxylic acids is 2. The molecule has 1 saturated carbocycles. The van der Waals surface area contributed by atoms with Crippen molar-refractivity contribution < 1.29 is 53.2 Å². The van der Waals surface area contributed by atoms with Crippen LogP contribution < -0.4 is 18.9 Å². The third kappa shape index (κ3) is 9.35. The van der Waals surface area contributed by atoms with Gasteiger partial charge in [-0.2, -0.15) is 0 Å². The molecule has 6 unspecified atom stereocenters. The van der Waals surface area contributed by atoms with E-state index in [2.05, 4.69) is 12.7 Å². The number of nitrogens with zero attached hydrogens (tertiary/aromatic N) is 3. The van der Waals surface area contributed by atoms with Crippen molar-refractivity contribution in [1.29, 1.82) is 0 Å². The zero-order valence-electron chi connectivity index (χ0n) is 36.2. The molecule has 0 aromatic heterocycles. The van der Waals surface area contributed by atoms with E-state index in [0.717, 1.165) is 43.1 Å². The van der Waals surface area contributed by atoms with E-state index >= 15 is 0 Å². The Bertz CT molecular complexity index is 2450. The maximum atomic E-state index is 14.8. The summed E-state index contributed by atoms with van der Waals surface area (Å²) in [5.41, 5.74) is 3.76. The number of ether oxygens (including phenoxy) is 5. The molecule has 1 fully saturated rings. The van der Waals surface area contributed by atoms with Crippen molar-refractivity contribution in [1.82, 2.24) is 4.90 Å². The SMILES string of the molecule is C=CCOC12Oc3ccc(Oc4cccc(C=O)c4)cc3C3C(CCCCO)C(CCCCO)C=C(C(=NOCc4ccc([N+](=O)[O-])cc4)CC1N(C)C(=O)c1ccc4c(c1)OCO4)C32. The van der Waals surface area contributed by atoms with Gasteiger partial charge in [0.1, 0.15) is 36.2 Å². The summed E-state index contributed by atoms with van der Waals surface area (Å²) >= 11 is 0. The summed E-state index contributed by atoms with van der Waals surface area (Å²) in [6.45, 7) is 4.25. The van der Waals surface area contributed by atoms with Crippen LogP contribution in [0.3, 0.4) is 0 Å². The lowest BCUT2D eigenvalue weighted by molar-refractivity contribution is -0.384. The number of unbranched alkanes of at least 4 members (excludes halogenated alkanes) is 2. The molecule has 15 heteroatoms. The molecule has 4 aromatic carbocycles. The van der Waals surface area contributed by atoms with Crippen molar-refractivity contribution in [2.45, 2.75) is 69.3 Å². The normalized spacial score (nSPS) is 23.0. The number of oxime groups is 1. The Morgan fingerprint density at radius 2 is 1.71 bits per heavy atom. The number of hydrogen-bond acceptors (Lipinski definition) is 13. The molecule has 2 aliphatic carbocycles. The summed E-state index contributed by atoms with van der Waals surface area (Å²) in [7, 11) is 1.72. The molecule has 340 valence electrons. The molecular weight excluding hydrogens is 835 g/mol. The number of benzene rings is 4. The monoisotopic (exact) mass is 887 g/mol. The maximum Gasteiger partial charge on any atom is 0.269 e. The molecule has 0 saturated heterocycles. The number of nitro groups is 1. The summed E-state index contributed by atoms with van der Waals surface area (Å²) in [5, 5.41) is 36.1. The lowest BCUT2D eigenvalue weighted by atomic mass is 9.55. The molecule has 4 aromatic rings. The number of carbonyl (C=O) groups is 2. The number of hydrogen-bond donors (Lipinski definition) is 2. The van der Waals surface area contributed by atoms with Crippen molar-refractivity contribution in [3.63, 3.8) is 0 Å². The third-order valence-corrected chi connectivity index (χ3v) is 12.8. The lowest BCUT2D eigenvalue weighted by Gasteiger charge is -2.59. The van der Waals surface area contributed by atoms with E-state index in [4.69, 9.17) is 33.7 Å². The largest absolute Gasteiger partial charge is 0.459 e. The van der Waals surface area contributed by atoms with Crippen LogP contribution in [0.25, 0.3) is 0 Å². The van der Waals surface area contributed by atoms with Gasteiger partial charge < -0.3 is 43.6 Å². The van der Waals surface area contributed by atoms with Gasteiger partial charge in [-0.1, -0.05) is 42.3 Å². The minimum absolute atomic E-state index is 0.0159. The zero-order chi connectivity index (χ0) is 45.5. The van der Waals surface area contributed by atoms with E-state index in [-0.39, 0.29) is 69.0 Å². The number of nitro benzene ring substituents is 1. The average Bonchev–Trinajstić information content (AvgIpc) is 3.80. The molecule has 6 atom stereocenters. The van der Waals surface area contributed by atoms with Gasteiger partial charge in [0, 0.05) is 61.4 Å². The van der Waals surface area contributed by atoms with Crippen LogP contribution in [-0.4, -0.2) is 83.4 Å². The van der Waals surface area contributed by atoms with Crippen LogP contribution in [0.5, 0.6) is 28.7 Å². The van der Waals surface area contributed by atoms with Crippen molar-refractivity contribution >= 4 is 23.6 Å². The number of non-ortho nitro benzene ring substituents is 1. The number of amides is 1. The lowest BCUT2D eigenvalue weighted by Crippen LogP contribution is -2.69. The standard InChI is InChI=1S/C50H53N3O12/c1-3-23-62-50-46(52(2)49(57)35-15-19-44-45(26-35)61-31-60-44)28-42(51-63-30-32-13-16-36(17-14-32)53(58)59)40-25-34(10-4-6-21-54)39(12-5-7-22-55)47(48(40)50)41-27-38(18-20-43(41)65-50)64-37-11-8-9-33(24-37)29-56/h3,8-9,11,13-20,24-27,29,34,39,46-48,54-55H,1,4-7,10,12,21-23,28,30-31H2,2H3. The molecule has 15 nitrogen and oxygen atoms in total. The van der Waals surface area contributed by atoms with Crippen molar-refractivity contribution in [2.75, 3.05) is 33.7 Å². The summed E-state index contributed by atoms with van der Waals surface area (Å²) in [5.74, 6) is -0.198. The van der Waals surface area contributed by atoms with Gasteiger partial charge in [0.05, 0.1) is 23.2 Å². The van der Waals surface area contributed by atoms with E-state index in [9.17, 15) is 29.9 Å². The zero-order valence-corrected chi connectivity index (χ0v) is 36.2. The summed E-state index contributed by atoms with van der Waals surface area (Å²) in [6, 6.07) is 22.9. The van der Waals surface area contributed by atoms with Gasteiger partial charge in [-0.05, 0) is 109 Å². The highest BCUT2D eigenvalue weighted by Gasteiger charge is 2.65. The summed E-state index contributed by atoms with van der Waals surface area (Å²) in [4.78, 5) is 45.1. The number of likely N-dealkylation sites (N-methyl/N-ethyl adjacent to an activating group) is 1. The second-order valence-electron chi connectivity index (χ2n) is 16.7. The number of allylic oxidation sites excluding steroid dienone is 1. The second kappa shape index (κ2) is 20.1. The van der Waals surface area contributed by atoms with E-state index < -0.39 is 22.7 Å². The van der Waals surface area contributed by atoms with Crippen LogP contribution in [0.15, 0.2) is 114 Å². The van der Waals surface area contributed by atoms with Gasteiger partial charge >= 0.3 is 0 Å². The quantitative estimate of drug-likeness (QED) is 0.0283. The first-order chi connectivity index (χ1) is 31.7. The molecule has 65 heavy (non-hydrogen) atoms. The topological polar surface area (TPSA) is 189 Å². The molecule has 0 radical (unpaired) electrons. The molecular formula is C50H53N3O12. The van der Waals surface area contributed by atoms with E-state index in [1.165, 1.54) is 12.1 Å². The highest BCUT2D eigenvalue weighted by Crippen LogP contribution is 2.62. The van der Waals surface area contributed by atoms with E-state index in [0.29, 0.717) is 64.0 Å². The molecule has 8 rings (SSSR count). The minimum Gasteiger partial charge on any atom is -0.459 e. The predicted molar refractivity (Wildman–Crippen MR) is 239 cm³/mol. The highest BCUT2D eigenvalue weighted by atomic mass is 16.7. The van der Waals surface area contributed by atoms with Crippen molar-refractivity contribution in [3.8, 4) is 28.7 Å². The van der Waals surface area contributed by atoms with Crippen molar-refractivity contribution in [3.05, 3.63) is 142 Å². The number of fused-ring (bicyclic) bond motifs is 3. The molecule has 2 aliphatic heterocycles. The van der Waals surface area contributed by atoms with Gasteiger partial charge in [-0.15, -0.1) is 6.58 Å². The van der Waals surface area contributed by atoms with Crippen LogP contribution >= 0.6 is 0 Å². The molecule has 0 bridgehead atoms. The summed E-state index contributed by atoms with van der Waals surface area (Å²) in [6.07, 6.45) is 9.03. The Kier molecular flexibility index (Phi) is 13.9. The molecule has 2 heterocycles. The van der Waals surface area contributed by atoms with Gasteiger partial charge in [0.25, 0.3) is 11.6 Å². The van der Waals surface area contributed by atoms with Crippen LogP contribution in [-0.2, 0) is 16.2 Å². The fourth-order valence-corrected chi connectivity index (χ4v) is 9.85. The van der Waals surface area contributed by atoms with E-state index in [1.807, 2.05) is 18.2 Å². The Hall–Kier alpha value is -6.55. The van der Waals surface area contributed by atoms with Crippen LogP contribution in [0.2, 0.25) is 0 Å². The third-order valence-electron chi connectivity index (χ3n) is 12.8. The second-order valence-corrected chi connectivity index (χ2v) is 16.7. The first-order valence-corrected chi connectivity index (χ1v) is 22.0. The molecule has 4 aliphatic rings. The maximum absolute atomic E-state index is 14.8. The smallest absolute Gasteiger partial charge is 0.269 e. The van der Waals surface area contributed by atoms with Crippen LogP contribution in [0.1, 0.15) is 82.7 Å². The first-order valence-electron chi connectivity index (χ1n) is 22.0. The van der Waals surface area contributed by atoms with Gasteiger partial charge in [0.2, 0.25) is 12.6 Å². The number of aldehydes is 1. The molecule has 2 N–H and O–H groups in total. The number of rotatable bonds is 20. The molecule has 0 spiro atoms.